The van der Waals surface area contributed by atoms with Gasteiger partial charge in [-0.05, 0) is 74.2 Å². The first-order valence-corrected chi connectivity index (χ1v) is 15.1. The Morgan fingerprint density at radius 2 is 1.73 bits per heavy atom. The molecule has 5 aromatic rings. The fourth-order valence-electron chi connectivity index (χ4n) is 5.09. The molecule has 2 heterocycles. The smallest absolute Gasteiger partial charge is 0.251 e. The molecule has 1 fully saturated rings. The molecular weight excluding hydrogens is 626 g/mol. The third-order valence-corrected chi connectivity index (χ3v) is 8.93. The maximum Gasteiger partial charge on any atom is 0.251 e. The van der Waals surface area contributed by atoms with E-state index in [0.29, 0.717) is 38.8 Å². The summed E-state index contributed by atoms with van der Waals surface area (Å²) in [5, 5.41) is 31.5. The van der Waals surface area contributed by atoms with Crippen molar-refractivity contribution in [1.82, 2.24) is 20.1 Å². The van der Waals surface area contributed by atoms with Gasteiger partial charge in [0.15, 0.2) is 0 Å². The number of carbonyl (C=O) groups excluding carboxylic acids is 1. The first-order valence-electron chi connectivity index (χ1n) is 14.0. The van der Waals surface area contributed by atoms with Crippen LogP contribution in [-0.4, -0.2) is 37.4 Å². The van der Waals surface area contributed by atoms with Crippen molar-refractivity contribution in [3.8, 4) is 11.3 Å². The van der Waals surface area contributed by atoms with Crippen LogP contribution < -0.4 is 5.32 Å². The lowest BCUT2D eigenvalue weighted by atomic mass is 9.86. The molecule has 0 radical (unpaired) electrons. The van der Waals surface area contributed by atoms with Gasteiger partial charge in [-0.1, -0.05) is 65.1 Å². The number of rotatable bonds is 8. The minimum absolute atomic E-state index is 0.0631. The average Bonchev–Trinajstić information content (AvgIpc) is 3.76. The van der Waals surface area contributed by atoms with Crippen molar-refractivity contribution >= 4 is 51.6 Å². The Kier molecular flexibility index (Phi) is 7.93. The van der Waals surface area contributed by atoms with E-state index in [1.165, 1.54) is 12.1 Å². The Hall–Kier alpha value is -3.53. The van der Waals surface area contributed by atoms with Gasteiger partial charge in [0.2, 0.25) is 0 Å². The van der Waals surface area contributed by atoms with Crippen LogP contribution in [-0.2, 0) is 11.2 Å². The van der Waals surface area contributed by atoms with Crippen LogP contribution in [0.5, 0.6) is 0 Å². The number of benzene rings is 3. The molecule has 1 aliphatic carbocycles. The predicted octanol–water partition coefficient (Wildman–Crippen LogP) is 7.43. The fraction of sp³-hybridized carbons (Fsp3) is 0.242. The summed E-state index contributed by atoms with van der Waals surface area (Å²) < 4.78 is 16.0. The molecular formula is C33H28Cl3FN4O3. The lowest BCUT2D eigenvalue weighted by Crippen LogP contribution is -2.42. The molecule has 0 aliphatic heterocycles. The van der Waals surface area contributed by atoms with E-state index in [0.717, 1.165) is 18.2 Å². The highest BCUT2D eigenvalue weighted by Crippen LogP contribution is 2.39. The van der Waals surface area contributed by atoms with Crippen molar-refractivity contribution in [3.05, 3.63) is 116 Å². The van der Waals surface area contributed by atoms with Crippen molar-refractivity contribution in [2.24, 2.45) is 0 Å². The maximum absolute atomic E-state index is 14.1. The highest BCUT2D eigenvalue weighted by atomic mass is 35.5. The molecule has 226 valence electrons. The molecule has 2 aromatic heterocycles. The number of hydrogen-bond acceptors (Lipinski definition) is 5. The van der Waals surface area contributed by atoms with Gasteiger partial charge in [-0.15, -0.1) is 0 Å². The number of nitrogens with zero attached hydrogens (tertiary/aromatic N) is 3. The zero-order valence-corrected chi connectivity index (χ0v) is 26.1. The van der Waals surface area contributed by atoms with Gasteiger partial charge in [-0.25, -0.2) is 9.37 Å². The van der Waals surface area contributed by atoms with E-state index in [2.05, 4.69) is 10.4 Å². The number of fused-ring (bicyclic) bond motifs is 1. The van der Waals surface area contributed by atoms with Crippen molar-refractivity contribution < 1.29 is 19.4 Å². The van der Waals surface area contributed by atoms with E-state index in [9.17, 15) is 19.4 Å². The molecule has 0 spiro atoms. The average molecular weight is 654 g/mol. The molecule has 0 unspecified atom stereocenters. The Morgan fingerprint density at radius 3 is 2.41 bits per heavy atom. The zero-order chi connectivity index (χ0) is 31.4. The highest BCUT2D eigenvalue weighted by molar-refractivity contribution is 6.43. The van der Waals surface area contributed by atoms with Crippen molar-refractivity contribution in [1.29, 1.82) is 0 Å². The summed E-state index contributed by atoms with van der Waals surface area (Å²) >= 11 is 19.0. The summed E-state index contributed by atoms with van der Waals surface area (Å²) in [5.74, 6) is -1.16. The van der Waals surface area contributed by atoms with E-state index in [1.54, 1.807) is 68.4 Å². The largest absolute Gasteiger partial charge is 0.386 e. The lowest BCUT2D eigenvalue weighted by molar-refractivity contribution is 0.0639. The van der Waals surface area contributed by atoms with Gasteiger partial charge in [-0.3, -0.25) is 9.48 Å². The number of hydrogen-bond donors (Lipinski definition) is 3. The third-order valence-electron chi connectivity index (χ3n) is 7.79. The number of amides is 1. The molecule has 11 heteroatoms. The van der Waals surface area contributed by atoms with Gasteiger partial charge in [0.05, 0.1) is 44.6 Å². The Labute approximate surface area is 268 Å². The summed E-state index contributed by atoms with van der Waals surface area (Å²) in [7, 11) is 0. The number of nitrogens with one attached hydrogen (secondary N) is 1. The molecule has 6 rings (SSSR count). The van der Waals surface area contributed by atoms with Gasteiger partial charge in [0.25, 0.3) is 5.91 Å². The second-order valence-electron chi connectivity index (χ2n) is 11.6. The quantitative estimate of drug-likeness (QED) is 0.151. The monoisotopic (exact) mass is 652 g/mol. The van der Waals surface area contributed by atoms with Crippen LogP contribution in [0.2, 0.25) is 15.1 Å². The van der Waals surface area contributed by atoms with Crippen LogP contribution in [0.25, 0.3) is 22.2 Å². The van der Waals surface area contributed by atoms with Gasteiger partial charge in [-0.2, -0.15) is 5.10 Å². The number of aliphatic hydroxyl groups is 2. The van der Waals surface area contributed by atoms with E-state index in [4.69, 9.17) is 39.8 Å². The lowest BCUT2D eigenvalue weighted by Gasteiger charge is -2.31. The van der Waals surface area contributed by atoms with E-state index < -0.39 is 22.9 Å². The minimum Gasteiger partial charge on any atom is -0.386 e. The van der Waals surface area contributed by atoms with Crippen LogP contribution in [0.3, 0.4) is 0 Å². The Bertz CT molecular complexity index is 1900. The molecule has 1 saturated carbocycles. The van der Waals surface area contributed by atoms with Gasteiger partial charge in [0.1, 0.15) is 16.9 Å². The number of pyridine rings is 1. The summed E-state index contributed by atoms with van der Waals surface area (Å²) in [4.78, 5) is 18.2. The zero-order valence-electron chi connectivity index (χ0n) is 23.8. The normalized spacial score (nSPS) is 14.9. The third kappa shape index (κ3) is 5.80. The summed E-state index contributed by atoms with van der Waals surface area (Å²) in [6.07, 6.45) is 4.00. The first kappa shape index (κ1) is 30.5. The Morgan fingerprint density at radius 1 is 1.00 bits per heavy atom. The number of carbonyl (C=O) groups is 1. The van der Waals surface area contributed by atoms with Gasteiger partial charge >= 0.3 is 0 Å². The molecule has 1 atom stereocenters. The molecule has 3 aromatic carbocycles. The van der Waals surface area contributed by atoms with Crippen LogP contribution >= 0.6 is 34.8 Å². The Balaban J connectivity index is 1.41. The predicted molar refractivity (Wildman–Crippen MR) is 170 cm³/mol. The van der Waals surface area contributed by atoms with Crippen LogP contribution in [0.1, 0.15) is 59.9 Å². The van der Waals surface area contributed by atoms with Crippen LogP contribution in [0.15, 0.2) is 72.9 Å². The van der Waals surface area contributed by atoms with E-state index >= 15 is 0 Å². The molecule has 3 N–H and O–H groups in total. The molecule has 7 nitrogen and oxygen atoms in total. The molecule has 0 saturated heterocycles. The molecule has 1 aliphatic rings. The van der Waals surface area contributed by atoms with Crippen molar-refractivity contribution in [2.45, 2.75) is 43.9 Å². The van der Waals surface area contributed by atoms with E-state index in [1.807, 2.05) is 10.9 Å². The van der Waals surface area contributed by atoms with Gasteiger partial charge in [0, 0.05) is 22.7 Å². The summed E-state index contributed by atoms with van der Waals surface area (Å²) in [6, 6.07) is 18.1. The van der Waals surface area contributed by atoms with E-state index in [-0.39, 0.29) is 28.0 Å². The minimum atomic E-state index is -1.87. The second kappa shape index (κ2) is 11.4. The summed E-state index contributed by atoms with van der Waals surface area (Å²) in [5.41, 5.74) is -0.788. The topological polar surface area (TPSA) is 100 Å². The SMILES string of the molecule is CC(C)(O)c1cc(-c2ccc(F)c(Cl)c2Cl)nc([C@@](O)(CNC(=O)c2cc(Cl)c3nn(C4CC4)cc3c2)c2ccccc2)c1. The molecule has 44 heavy (non-hydrogen) atoms. The highest BCUT2D eigenvalue weighted by Gasteiger charge is 2.36. The van der Waals surface area contributed by atoms with Crippen LogP contribution in [0.4, 0.5) is 4.39 Å². The number of halogens is 4. The van der Waals surface area contributed by atoms with Crippen molar-refractivity contribution in [2.75, 3.05) is 6.54 Å². The standard InChI is InChI=1S/C33H28Cl3FN4O3/c1-32(2,43)21-14-26(23-10-11-25(37)29(36)28(23)35)39-27(15-21)33(44,20-6-4-3-5-7-20)17-38-31(42)18-12-19-16-41(22-8-9-22)40-30(19)24(34)13-18/h3-7,10-16,22,43-44H,8-9,17H2,1-2H3,(H,38,42)/t33-/m1/s1. The molecule has 1 amide bonds. The summed E-state index contributed by atoms with van der Waals surface area (Å²) in [6.45, 7) is 2.89. The van der Waals surface area contributed by atoms with Crippen LogP contribution in [0, 0.1) is 5.82 Å². The second-order valence-corrected chi connectivity index (χ2v) is 12.7. The first-order chi connectivity index (χ1) is 20.8. The fourth-order valence-corrected chi connectivity index (χ4v) is 5.77. The molecule has 0 bridgehead atoms. The number of aromatic nitrogens is 3. The van der Waals surface area contributed by atoms with Crippen molar-refractivity contribution in [3.63, 3.8) is 0 Å². The van der Waals surface area contributed by atoms with Gasteiger partial charge < -0.3 is 15.5 Å². The maximum atomic E-state index is 14.1.